The van der Waals surface area contributed by atoms with Crippen LogP contribution in [0.5, 0.6) is 0 Å². The van der Waals surface area contributed by atoms with Crippen molar-refractivity contribution in [3.05, 3.63) is 0 Å². The zero-order chi connectivity index (χ0) is 13.7. The van der Waals surface area contributed by atoms with Gasteiger partial charge in [-0.25, -0.2) is 0 Å². The third-order valence-electron chi connectivity index (χ3n) is 3.73. The Labute approximate surface area is 112 Å². The van der Waals surface area contributed by atoms with Crippen LogP contribution in [0.2, 0.25) is 0 Å². The summed E-state index contributed by atoms with van der Waals surface area (Å²) in [6.07, 6.45) is 2.38. The summed E-state index contributed by atoms with van der Waals surface area (Å²) in [5, 5.41) is 3.62. The first-order valence-electron chi connectivity index (χ1n) is 7.46. The van der Waals surface area contributed by atoms with Gasteiger partial charge >= 0.3 is 0 Å². The molecule has 0 radical (unpaired) electrons. The van der Waals surface area contributed by atoms with Crippen molar-refractivity contribution in [2.24, 2.45) is 17.8 Å². The SMILES string of the molecule is CCC1CC(NCC(C)C)CN(C(=O)C(C)C)C1. The second kappa shape index (κ2) is 7.13. The van der Waals surface area contributed by atoms with Crippen LogP contribution in [0.1, 0.15) is 47.5 Å². The van der Waals surface area contributed by atoms with Crippen LogP contribution in [0.25, 0.3) is 0 Å². The number of carbonyl (C=O) groups is 1. The summed E-state index contributed by atoms with van der Waals surface area (Å²) in [7, 11) is 0. The standard InChI is InChI=1S/C15H30N2O/c1-6-13-7-14(16-8-11(2)3)10-17(9-13)15(18)12(4)5/h11-14,16H,6-10H2,1-5H3. The van der Waals surface area contributed by atoms with Crippen LogP contribution in [-0.4, -0.2) is 36.5 Å². The average molecular weight is 254 g/mol. The molecule has 0 aliphatic carbocycles. The molecule has 0 aromatic rings. The van der Waals surface area contributed by atoms with Gasteiger partial charge in [0.15, 0.2) is 0 Å². The summed E-state index contributed by atoms with van der Waals surface area (Å²) in [5.41, 5.74) is 0. The number of nitrogens with zero attached hydrogens (tertiary/aromatic N) is 1. The van der Waals surface area contributed by atoms with Crippen molar-refractivity contribution in [3.63, 3.8) is 0 Å². The molecule has 0 bridgehead atoms. The van der Waals surface area contributed by atoms with Crippen LogP contribution in [-0.2, 0) is 4.79 Å². The van der Waals surface area contributed by atoms with E-state index in [0.717, 1.165) is 19.6 Å². The van der Waals surface area contributed by atoms with Crippen LogP contribution >= 0.6 is 0 Å². The molecule has 0 aromatic heterocycles. The molecule has 3 heteroatoms. The highest BCUT2D eigenvalue weighted by atomic mass is 16.2. The van der Waals surface area contributed by atoms with Crippen LogP contribution < -0.4 is 5.32 Å². The van der Waals surface area contributed by atoms with Crippen molar-refractivity contribution in [1.29, 1.82) is 0 Å². The minimum absolute atomic E-state index is 0.117. The molecule has 1 rings (SSSR count). The molecule has 1 saturated heterocycles. The number of carbonyl (C=O) groups excluding carboxylic acids is 1. The van der Waals surface area contributed by atoms with Crippen molar-refractivity contribution in [2.45, 2.75) is 53.5 Å². The second-order valence-electron chi connectivity index (χ2n) is 6.41. The van der Waals surface area contributed by atoms with E-state index in [1.54, 1.807) is 0 Å². The fraction of sp³-hybridized carbons (Fsp3) is 0.933. The highest BCUT2D eigenvalue weighted by molar-refractivity contribution is 5.78. The summed E-state index contributed by atoms with van der Waals surface area (Å²) >= 11 is 0. The molecule has 1 amide bonds. The molecule has 1 aliphatic rings. The van der Waals surface area contributed by atoms with Gasteiger partial charge in [0, 0.05) is 25.0 Å². The summed E-state index contributed by atoms with van der Waals surface area (Å²) in [6.45, 7) is 13.6. The van der Waals surface area contributed by atoms with Crippen molar-refractivity contribution in [3.8, 4) is 0 Å². The Morgan fingerprint density at radius 3 is 2.44 bits per heavy atom. The van der Waals surface area contributed by atoms with Crippen molar-refractivity contribution >= 4 is 5.91 Å². The molecule has 1 heterocycles. The number of hydrogen-bond donors (Lipinski definition) is 1. The minimum atomic E-state index is 0.117. The molecule has 3 nitrogen and oxygen atoms in total. The first kappa shape index (κ1) is 15.5. The molecule has 2 unspecified atom stereocenters. The van der Waals surface area contributed by atoms with Gasteiger partial charge in [-0.1, -0.05) is 41.0 Å². The van der Waals surface area contributed by atoms with Gasteiger partial charge in [0.2, 0.25) is 5.91 Å². The maximum absolute atomic E-state index is 12.1. The van der Waals surface area contributed by atoms with Gasteiger partial charge in [0.05, 0.1) is 0 Å². The normalized spacial score (nSPS) is 24.9. The van der Waals surface area contributed by atoms with E-state index in [1.807, 2.05) is 13.8 Å². The van der Waals surface area contributed by atoms with E-state index in [9.17, 15) is 4.79 Å². The molecule has 2 atom stereocenters. The van der Waals surface area contributed by atoms with Gasteiger partial charge in [-0.3, -0.25) is 4.79 Å². The molecule has 0 spiro atoms. The molecule has 106 valence electrons. The zero-order valence-electron chi connectivity index (χ0n) is 12.7. The lowest BCUT2D eigenvalue weighted by atomic mass is 9.91. The first-order chi connectivity index (χ1) is 8.43. The molecule has 18 heavy (non-hydrogen) atoms. The Hall–Kier alpha value is -0.570. The third-order valence-corrected chi connectivity index (χ3v) is 3.73. The number of hydrogen-bond acceptors (Lipinski definition) is 2. The van der Waals surface area contributed by atoms with E-state index >= 15 is 0 Å². The topological polar surface area (TPSA) is 32.3 Å². The minimum Gasteiger partial charge on any atom is -0.341 e. The van der Waals surface area contributed by atoms with E-state index < -0.39 is 0 Å². The molecule has 0 saturated carbocycles. The van der Waals surface area contributed by atoms with E-state index in [4.69, 9.17) is 0 Å². The smallest absolute Gasteiger partial charge is 0.225 e. The van der Waals surface area contributed by atoms with E-state index in [2.05, 4.69) is 31.0 Å². The monoisotopic (exact) mass is 254 g/mol. The van der Waals surface area contributed by atoms with Crippen LogP contribution in [0, 0.1) is 17.8 Å². The fourth-order valence-electron chi connectivity index (χ4n) is 2.59. The van der Waals surface area contributed by atoms with Gasteiger partial charge in [-0.05, 0) is 24.8 Å². The summed E-state index contributed by atoms with van der Waals surface area (Å²) in [5.74, 6) is 1.75. The third kappa shape index (κ3) is 4.60. The quantitative estimate of drug-likeness (QED) is 0.817. The van der Waals surface area contributed by atoms with Gasteiger partial charge in [-0.2, -0.15) is 0 Å². The van der Waals surface area contributed by atoms with E-state index in [1.165, 1.54) is 12.8 Å². The summed E-state index contributed by atoms with van der Waals surface area (Å²) in [4.78, 5) is 14.2. The number of rotatable bonds is 5. The summed E-state index contributed by atoms with van der Waals surface area (Å²) < 4.78 is 0. The Morgan fingerprint density at radius 1 is 1.28 bits per heavy atom. The molecule has 1 fully saturated rings. The van der Waals surface area contributed by atoms with Crippen molar-refractivity contribution in [2.75, 3.05) is 19.6 Å². The fourth-order valence-corrected chi connectivity index (χ4v) is 2.59. The van der Waals surface area contributed by atoms with E-state index in [0.29, 0.717) is 23.8 Å². The number of nitrogens with one attached hydrogen (secondary N) is 1. The lowest BCUT2D eigenvalue weighted by molar-refractivity contribution is -0.136. The number of likely N-dealkylation sites (tertiary alicyclic amines) is 1. The average Bonchev–Trinajstić information content (AvgIpc) is 2.34. The molecule has 1 aliphatic heterocycles. The Kier molecular flexibility index (Phi) is 6.13. The van der Waals surface area contributed by atoms with Gasteiger partial charge < -0.3 is 10.2 Å². The van der Waals surface area contributed by atoms with E-state index in [-0.39, 0.29) is 5.92 Å². The predicted octanol–water partition coefficient (Wildman–Crippen LogP) is 2.52. The predicted molar refractivity (Wildman–Crippen MR) is 76.4 cm³/mol. The lowest BCUT2D eigenvalue weighted by Gasteiger charge is -2.39. The van der Waals surface area contributed by atoms with Gasteiger partial charge in [0.25, 0.3) is 0 Å². The highest BCUT2D eigenvalue weighted by Gasteiger charge is 2.29. The Balaban J connectivity index is 2.57. The van der Waals surface area contributed by atoms with Crippen LogP contribution in [0.3, 0.4) is 0 Å². The largest absolute Gasteiger partial charge is 0.341 e. The van der Waals surface area contributed by atoms with Crippen LogP contribution in [0.15, 0.2) is 0 Å². The van der Waals surface area contributed by atoms with Gasteiger partial charge in [-0.15, -0.1) is 0 Å². The first-order valence-corrected chi connectivity index (χ1v) is 7.46. The van der Waals surface area contributed by atoms with Crippen molar-refractivity contribution in [1.82, 2.24) is 10.2 Å². The zero-order valence-corrected chi connectivity index (χ0v) is 12.7. The maximum atomic E-state index is 12.1. The van der Waals surface area contributed by atoms with Crippen molar-refractivity contribution < 1.29 is 4.79 Å². The second-order valence-corrected chi connectivity index (χ2v) is 6.41. The summed E-state index contributed by atoms with van der Waals surface area (Å²) in [6, 6.07) is 0.480. The molecule has 1 N–H and O–H groups in total. The lowest BCUT2D eigenvalue weighted by Crippen LogP contribution is -2.52. The Bertz CT molecular complexity index is 263. The van der Waals surface area contributed by atoms with Gasteiger partial charge in [0.1, 0.15) is 0 Å². The maximum Gasteiger partial charge on any atom is 0.225 e. The highest BCUT2D eigenvalue weighted by Crippen LogP contribution is 2.21. The molecular weight excluding hydrogens is 224 g/mol. The molecule has 0 aromatic carbocycles. The number of piperidine rings is 1. The van der Waals surface area contributed by atoms with Crippen LogP contribution in [0.4, 0.5) is 0 Å². The molecular formula is C15H30N2O. The Morgan fingerprint density at radius 2 is 1.94 bits per heavy atom. The number of amides is 1.